The second-order valence-corrected chi connectivity index (χ2v) is 6.09. The molecule has 0 atom stereocenters. The maximum atomic E-state index is 10.1. The molecule has 108 valence electrons. The SMILES string of the molecule is CC\C=C/C(=C\C=C\BCC(C)(C)C(C)(C)O)NC. The van der Waals surface area contributed by atoms with Crippen molar-refractivity contribution < 1.29 is 5.11 Å². The summed E-state index contributed by atoms with van der Waals surface area (Å²) >= 11 is 0. The van der Waals surface area contributed by atoms with E-state index in [1.807, 2.05) is 20.9 Å². The molecule has 0 bridgehead atoms. The van der Waals surface area contributed by atoms with Gasteiger partial charge in [0.15, 0.2) is 0 Å². The first-order chi connectivity index (χ1) is 8.74. The molecule has 0 amide bonds. The third kappa shape index (κ3) is 7.26. The van der Waals surface area contributed by atoms with Gasteiger partial charge in [-0.1, -0.05) is 39.2 Å². The van der Waals surface area contributed by atoms with Crippen molar-refractivity contribution in [2.45, 2.75) is 53.0 Å². The average Bonchev–Trinajstić information content (AvgIpc) is 2.31. The van der Waals surface area contributed by atoms with E-state index in [1.165, 1.54) is 0 Å². The van der Waals surface area contributed by atoms with Crippen LogP contribution in [-0.4, -0.2) is 25.0 Å². The Labute approximate surface area is 119 Å². The Morgan fingerprint density at radius 3 is 2.37 bits per heavy atom. The lowest BCUT2D eigenvalue weighted by Crippen LogP contribution is -2.39. The normalized spacial score (nSPS) is 14.4. The number of hydrogen-bond donors (Lipinski definition) is 2. The minimum atomic E-state index is -0.642. The lowest BCUT2D eigenvalue weighted by Gasteiger charge is -2.37. The largest absolute Gasteiger partial charge is 0.390 e. The number of rotatable bonds is 8. The van der Waals surface area contributed by atoms with Crippen LogP contribution < -0.4 is 5.32 Å². The van der Waals surface area contributed by atoms with E-state index >= 15 is 0 Å². The molecule has 0 aliphatic rings. The monoisotopic (exact) mass is 263 g/mol. The van der Waals surface area contributed by atoms with Crippen molar-refractivity contribution in [2.75, 3.05) is 7.05 Å². The van der Waals surface area contributed by atoms with Crippen LogP contribution >= 0.6 is 0 Å². The number of hydrogen-bond acceptors (Lipinski definition) is 2. The zero-order chi connectivity index (χ0) is 14.9. The first-order valence-corrected chi connectivity index (χ1v) is 7.18. The van der Waals surface area contributed by atoms with Crippen LogP contribution in [0.1, 0.15) is 41.0 Å². The molecular formula is C16H30BNO. The fourth-order valence-electron chi connectivity index (χ4n) is 1.49. The molecule has 0 aliphatic carbocycles. The van der Waals surface area contributed by atoms with Crippen LogP contribution in [0.3, 0.4) is 0 Å². The maximum absolute atomic E-state index is 10.1. The minimum Gasteiger partial charge on any atom is -0.390 e. The molecule has 0 unspecified atom stereocenters. The van der Waals surface area contributed by atoms with Crippen molar-refractivity contribution in [3.63, 3.8) is 0 Å². The van der Waals surface area contributed by atoms with Crippen LogP contribution in [0.5, 0.6) is 0 Å². The molecular weight excluding hydrogens is 233 g/mol. The van der Waals surface area contributed by atoms with Crippen molar-refractivity contribution in [3.05, 3.63) is 36.0 Å². The number of nitrogens with one attached hydrogen (secondary N) is 1. The summed E-state index contributed by atoms with van der Waals surface area (Å²) in [6, 6.07) is 0. The fraction of sp³-hybridized carbons (Fsp3) is 0.625. The van der Waals surface area contributed by atoms with Crippen molar-refractivity contribution in [3.8, 4) is 0 Å². The van der Waals surface area contributed by atoms with Gasteiger partial charge in [-0.2, -0.15) is 0 Å². The molecule has 2 N–H and O–H groups in total. The molecule has 3 heteroatoms. The molecule has 0 aliphatic heterocycles. The van der Waals surface area contributed by atoms with Crippen LogP contribution in [-0.2, 0) is 0 Å². The van der Waals surface area contributed by atoms with Gasteiger partial charge in [0, 0.05) is 12.7 Å². The van der Waals surface area contributed by atoms with Gasteiger partial charge in [-0.25, -0.2) is 0 Å². The Hall–Kier alpha value is -0.955. The highest BCUT2D eigenvalue weighted by molar-refractivity contribution is 6.42. The molecule has 0 saturated heterocycles. The zero-order valence-corrected chi connectivity index (χ0v) is 13.5. The molecule has 2 nitrogen and oxygen atoms in total. The molecule has 0 radical (unpaired) electrons. The Morgan fingerprint density at radius 2 is 1.89 bits per heavy atom. The van der Waals surface area contributed by atoms with E-state index in [9.17, 15) is 5.11 Å². The molecule has 0 fully saturated rings. The highest BCUT2D eigenvalue weighted by Crippen LogP contribution is 2.33. The summed E-state index contributed by atoms with van der Waals surface area (Å²) in [6.45, 7) is 10.1. The van der Waals surface area contributed by atoms with Crippen LogP contribution in [0.4, 0.5) is 0 Å². The number of likely N-dealkylation sites (N-methyl/N-ethyl adjacent to an activating group) is 1. The van der Waals surface area contributed by atoms with Crippen molar-refractivity contribution in [1.82, 2.24) is 5.32 Å². The Kier molecular flexibility index (Phi) is 7.85. The quantitative estimate of drug-likeness (QED) is 0.520. The Bertz CT molecular complexity index is 335. The molecule has 0 heterocycles. The Balaban J connectivity index is 4.31. The second-order valence-electron chi connectivity index (χ2n) is 6.09. The summed E-state index contributed by atoms with van der Waals surface area (Å²) in [5.41, 5.74) is 0.394. The second kappa shape index (κ2) is 8.26. The molecule has 0 saturated carbocycles. The molecule has 0 aromatic heterocycles. The minimum absolute atomic E-state index is 0.0744. The summed E-state index contributed by atoms with van der Waals surface area (Å²) in [5, 5.41) is 13.2. The standard InChI is InChI=1S/C16H30BNO/c1-7-8-10-14(18-6)11-9-12-17-13-15(2,3)16(4,5)19/h8-12,17-19H,7,13H2,1-6H3/b10-8-,12-9+,14-11+. The van der Waals surface area contributed by atoms with Crippen molar-refractivity contribution in [1.29, 1.82) is 0 Å². The Morgan fingerprint density at radius 1 is 1.26 bits per heavy atom. The van der Waals surface area contributed by atoms with Gasteiger partial charge in [-0.15, -0.1) is 5.98 Å². The third-order valence-electron chi connectivity index (χ3n) is 3.83. The van der Waals surface area contributed by atoms with Gasteiger partial charge < -0.3 is 10.4 Å². The summed E-state index contributed by atoms with van der Waals surface area (Å²) in [4.78, 5) is 0. The topological polar surface area (TPSA) is 32.3 Å². The fourth-order valence-corrected chi connectivity index (χ4v) is 1.49. The predicted molar refractivity (Wildman–Crippen MR) is 87.7 cm³/mol. The first-order valence-electron chi connectivity index (χ1n) is 7.18. The van der Waals surface area contributed by atoms with Gasteiger partial charge in [0.2, 0.25) is 0 Å². The van der Waals surface area contributed by atoms with Crippen LogP contribution in [0.15, 0.2) is 36.0 Å². The highest BCUT2D eigenvalue weighted by Gasteiger charge is 2.33. The van der Waals surface area contributed by atoms with Gasteiger partial charge in [0.25, 0.3) is 0 Å². The van der Waals surface area contributed by atoms with Gasteiger partial charge in [0.1, 0.15) is 7.28 Å². The van der Waals surface area contributed by atoms with E-state index in [2.05, 4.69) is 56.4 Å². The lowest BCUT2D eigenvalue weighted by molar-refractivity contribution is -0.0236. The summed E-state index contributed by atoms with van der Waals surface area (Å²) in [7, 11) is 2.90. The average molecular weight is 263 g/mol. The number of aliphatic hydroxyl groups is 1. The molecule has 0 aromatic carbocycles. The van der Waals surface area contributed by atoms with E-state index in [-0.39, 0.29) is 5.41 Å². The van der Waals surface area contributed by atoms with Crippen molar-refractivity contribution in [2.24, 2.45) is 5.41 Å². The van der Waals surface area contributed by atoms with Crippen LogP contribution in [0.2, 0.25) is 6.32 Å². The van der Waals surface area contributed by atoms with E-state index in [0.29, 0.717) is 0 Å². The summed E-state index contributed by atoms with van der Waals surface area (Å²) in [6.07, 6.45) is 10.4. The van der Waals surface area contributed by atoms with Crippen LogP contribution in [0.25, 0.3) is 0 Å². The molecule has 0 aromatic rings. The van der Waals surface area contributed by atoms with E-state index < -0.39 is 5.60 Å². The summed E-state index contributed by atoms with van der Waals surface area (Å²) in [5.74, 6) is 2.16. The third-order valence-corrected chi connectivity index (χ3v) is 3.83. The van der Waals surface area contributed by atoms with Gasteiger partial charge in [-0.05, 0) is 37.8 Å². The van der Waals surface area contributed by atoms with Crippen LogP contribution in [0, 0.1) is 5.41 Å². The van der Waals surface area contributed by atoms with E-state index in [1.54, 1.807) is 0 Å². The van der Waals surface area contributed by atoms with E-state index in [0.717, 1.165) is 25.7 Å². The predicted octanol–water partition coefficient (Wildman–Crippen LogP) is 3.22. The van der Waals surface area contributed by atoms with Gasteiger partial charge in [-0.3, -0.25) is 0 Å². The molecule has 0 spiro atoms. The van der Waals surface area contributed by atoms with E-state index in [4.69, 9.17) is 0 Å². The highest BCUT2D eigenvalue weighted by atomic mass is 16.3. The van der Waals surface area contributed by atoms with Gasteiger partial charge in [0.05, 0.1) is 5.60 Å². The summed E-state index contributed by atoms with van der Waals surface area (Å²) < 4.78 is 0. The lowest BCUT2D eigenvalue weighted by atomic mass is 9.59. The number of allylic oxidation sites excluding steroid dienone is 4. The van der Waals surface area contributed by atoms with Crippen molar-refractivity contribution >= 4 is 7.28 Å². The van der Waals surface area contributed by atoms with Gasteiger partial charge >= 0.3 is 0 Å². The maximum Gasteiger partial charge on any atom is 0.148 e. The molecule has 0 rings (SSSR count). The first kappa shape index (κ1) is 18.0. The molecule has 19 heavy (non-hydrogen) atoms. The smallest absolute Gasteiger partial charge is 0.148 e. The zero-order valence-electron chi connectivity index (χ0n) is 13.5.